The number of amides is 1. The number of benzene rings is 1. The molecule has 0 heterocycles. The van der Waals surface area contributed by atoms with Crippen LogP contribution in [-0.4, -0.2) is 45.7 Å². The summed E-state index contributed by atoms with van der Waals surface area (Å²) < 4.78 is 15.6. The zero-order chi connectivity index (χ0) is 14.4. The van der Waals surface area contributed by atoms with E-state index in [0.717, 1.165) is 0 Å². The minimum absolute atomic E-state index is 0.140. The van der Waals surface area contributed by atoms with Gasteiger partial charge in [0.05, 0.1) is 21.3 Å². The molecule has 1 rings (SSSR count). The molecular weight excluding hydrogens is 246 g/mol. The molecule has 0 N–H and O–H groups in total. The number of hydrogen-bond donors (Lipinski definition) is 0. The monoisotopic (exact) mass is 265 g/mol. The molecule has 104 valence electrons. The van der Waals surface area contributed by atoms with Gasteiger partial charge in [0.15, 0.2) is 11.5 Å². The van der Waals surface area contributed by atoms with Crippen molar-refractivity contribution < 1.29 is 19.0 Å². The Balaban J connectivity index is 3.22. The summed E-state index contributed by atoms with van der Waals surface area (Å²) in [5.41, 5.74) is 0.471. The number of ether oxygens (including phenoxy) is 3. The molecule has 0 saturated carbocycles. The number of rotatable bonds is 6. The molecule has 0 unspecified atom stereocenters. The fourth-order valence-corrected chi connectivity index (χ4v) is 1.70. The maximum absolute atomic E-state index is 12.2. The van der Waals surface area contributed by atoms with Crippen LogP contribution in [0.2, 0.25) is 0 Å². The van der Waals surface area contributed by atoms with Gasteiger partial charge in [-0.3, -0.25) is 4.79 Å². The second-order valence-electron chi connectivity index (χ2n) is 3.89. The minimum atomic E-state index is -0.140. The van der Waals surface area contributed by atoms with E-state index in [2.05, 4.69) is 6.58 Å². The fourth-order valence-electron chi connectivity index (χ4n) is 1.70. The molecule has 1 aromatic carbocycles. The van der Waals surface area contributed by atoms with Crippen molar-refractivity contribution in [2.75, 3.05) is 34.9 Å². The Kier molecular flexibility index (Phi) is 5.23. The van der Waals surface area contributed by atoms with E-state index in [-0.39, 0.29) is 5.91 Å². The van der Waals surface area contributed by atoms with E-state index in [9.17, 15) is 4.79 Å². The van der Waals surface area contributed by atoms with Crippen LogP contribution >= 0.6 is 0 Å². The molecule has 0 radical (unpaired) electrons. The SMILES string of the molecule is C=CCN(C)C(=O)c1cc(OC)c(OC)c(OC)c1. The van der Waals surface area contributed by atoms with E-state index in [0.29, 0.717) is 29.4 Å². The van der Waals surface area contributed by atoms with Crippen LogP contribution in [0.25, 0.3) is 0 Å². The summed E-state index contributed by atoms with van der Waals surface area (Å²) >= 11 is 0. The van der Waals surface area contributed by atoms with Gasteiger partial charge >= 0.3 is 0 Å². The van der Waals surface area contributed by atoms with Crippen molar-refractivity contribution >= 4 is 5.91 Å². The van der Waals surface area contributed by atoms with Crippen LogP contribution in [0, 0.1) is 0 Å². The van der Waals surface area contributed by atoms with Gasteiger partial charge < -0.3 is 19.1 Å². The van der Waals surface area contributed by atoms with Gasteiger partial charge in [-0.25, -0.2) is 0 Å². The molecule has 0 saturated heterocycles. The predicted octanol–water partition coefficient (Wildman–Crippen LogP) is 1.97. The van der Waals surface area contributed by atoms with Gasteiger partial charge in [-0.2, -0.15) is 0 Å². The molecule has 0 atom stereocenters. The van der Waals surface area contributed by atoms with E-state index in [4.69, 9.17) is 14.2 Å². The lowest BCUT2D eigenvalue weighted by atomic mass is 10.1. The quantitative estimate of drug-likeness (QED) is 0.738. The Morgan fingerprint density at radius 3 is 2.11 bits per heavy atom. The summed E-state index contributed by atoms with van der Waals surface area (Å²) in [4.78, 5) is 13.7. The van der Waals surface area contributed by atoms with Gasteiger partial charge in [0.25, 0.3) is 5.91 Å². The fraction of sp³-hybridized carbons (Fsp3) is 0.357. The van der Waals surface area contributed by atoms with Crippen molar-refractivity contribution in [3.8, 4) is 17.2 Å². The normalized spacial score (nSPS) is 9.68. The highest BCUT2D eigenvalue weighted by molar-refractivity contribution is 5.95. The molecule has 0 aliphatic rings. The Labute approximate surface area is 113 Å². The zero-order valence-corrected chi connectivity index (χ0v) is 11.7. The predicted molar refractivity (Wildman–Crippen MR) is 73.3 cm³/mol. The van der Waals surface area contributed by atoms with Crippen molar-refractivity contribution in [2.45, 2.75) is 0 Å². The van der Waals surface area contributed by atoms with Crippen molar-refractivity contribution in [2.24, 2.45) is 0 Å². The number of likely N-dealkylation sites (N-methyl/N-ethyl adjacent to an activating group) is 1. The van der Waals surface area contributed by atoms with E-state index in [1.165, 1.54) is 21.3 Å². The maximum Gasteiger partial charge on any atom is 0.254 e. The first kappa shape index (κ1) is 14.9. The second-order valence-corrected chi connectivity index (χ2v) is 3.89. The lowest BCUT2D eigenvalue weighted by Gasteiger charge is -2.18. The molecule has 5 nitrogen and oxygen atoms in total. The molecule has 0 bridgehead atoms. The third-order valence-corrected chi connectivity index (χ3v) is 2.66. The van der Waals surface area contributed by atoms with Gasteiger partial charge in [-0.15, -0.1) is 6.58 Å². The first-order valence-corrected chi connectivity index (χ1v) is 5.75. The second kappa shape index (κ2) is 6.68. The molecule has 0 spiro atoms. The van der Waals surface area contributed by atoms with Crippen molar-refractivity contribution in [1.82, 2.24) is 4.90 Å². The van der Waals surface area contributed by atoms with E-state index in [1.807, 2.05) is 0 Å². The Bertz CT molecular complexity index is 446. The molecule has 1 amide bonds. The average Bonchev–Trinajstić information content (AvgIpc) is 2.44. The zero-order valence-electron chi connectivity index (χ0n) is 11.7. The van der Waals surface area contributed by atoms with Crippen LogP contribution in [-0.2, 0) is 0 Å². The molecule has 19 heavy (non-hydrogen) atoms. The summed E-state index contributed by atoms with van der Waals surface area (Å²) in [6.07, 6.45) is 1.66. The highest BCUT2D eigenvalue weighted by Gasteiger charge is 2.18. The third-order valence-electron chi connectivity index (χ3n) is 2.66. The van der Waals surface area contributed by atoms with Gasteiger partial charge in [0.2, 0.25) is 5.75 Å². The van der Waals surface area contributed by atoms with Gasteiger partial charge in [-0.1, -0.05) is 6.08 Å². The van der Waals surface area contributed by atoms with E-state index >= 15 is 0 Å². The van der Waals surface area contributed by atoms with Crippen LogP contribution in [0.1, 0.15) is 10.4 Å². The maximum atomic E-state index is 12.2. The van der Waals surface area contributed by atoms with Gasteiger partial charge in [-0.05, 0) is 12.1 Å². The summed E-state index contributed by atoms with van der Waals surface area (Å²) in [7, 11) is 6.25. The van der Waals surface area contributed by atoms with Crippen molar-refractivity contribution in [3.63, 3.8) is 0 Å². The Morgan fingerprint density at radius 1 is 1.21 bits per heavy atom. The van der Waals surface area contributed by atoms with E-state index in [1.54, 1.807) is 30.2 Å². The molecule has 5 heteroatoms. The van der Waals surface area contributed by atoms with Crippen LogP contribution in [0.3, 0.4) is 0 Å². The number of carbonyl (C=O) groups excluding carboxylic acids is 1. The molecule has 0 aliphatic heterocycles. The minimum Gasteiger partial charge on any atom is -0.493 e. The van der Waals surface area contributed by atoms with Crippen LogP contribution in [0.5, 0.6) is 17.2 Å². The number of hydrogen-bond acceptors (Lipinski definition) is 4. The van der Waals surface area contributed by atoms with Crippen molar-refractivity contribution in [3.05, 3.63) is 30.4 Å². The standard InChI is InChI=1S/C14H19NO4/c1-6-7-15(2)14(16)10-8-11(17-3)13(19-5)12(9-10)18-4/h6,8-9H,1,7H2,2-5H3. The Morgan fingerprint density at radius 2 is 1.74 bits per heavy atom. The van der Waals surface area contributed by atoms with Crippen molar-refractivity contribution in [1.29, 1.82) is 0 Å². The average molecular weight is 265 g/mol. The van der Waals surface area contributed by atoms with Crippen LogP contribution in [0.15, 0.2) is 24.8 Å². The number of nitrogens with zero attached hydrogens (tertiary/aromatic N) is 1. The molecular formula is C14H19NO4. The molecule has 0 aromatic heterocycles. The summed E-state index contributed by atoms with van der Waals surface area (Å²) in [6, 6.07) is 3.26. The lowest BCUT2D eigenvalue weighted by Crippen LogP contribution is -2.26. The molecule has 1 aromatic rings. The highest BCUT2D eigenvalue weighted by Crippen LogP contribution is 2.38. The van der Waals surface area contributed by atoms with Crippen LogP contribution < -0.4 is 14.2 Å². The lowest BCUT2D eigenvalue weighted by molar-refractivity contribution is 0.0809. The molecule has 0 fully saturated rings. The first-order valence-electron chi connectivity index (χ1n) is 5.75. The first-order chi connectivity index (χ1) is 9.08. The van der Waals surface area contributed by atoms with E-state index < -0.39 is 0 Å². The number of carbonyl (C=O) groups is 1. The van der Waals surface area contributed by atoms with Crippen LogP contribution in [0.4, 0.5) is 0 Å². The van der Waals surface area contributed by atoms with Gasteiger partial charge in [0.1, 0.15) is 0 Å². The van der Waals surface area contributed by atoms with Gasteiger partial charge in [0, 0.05) is 19.2 Å². The summed E-state index contributed by atoms with van der Waals surface area (Å²) in [5, 5.41) is 0. The Hall–Kier alpha value is -2.17. The third kappa shape index (κ3) is 3.19. The smallest absolute Gasteiger partial charge is 0.254 e. The summed E-state index contributed by atoms with van der Waals surface area (Å²) in [6.45, 7) is 4.08. The number of methoxy groups -OCH3 is 3. The summed E-state index contributed by atoms with van der Waals surface area (Å²) in [5.74, 6) is 1.24. The highest BCUT2D eigenvalue weighted by atomic mass is 16.5. The molecule has 0 aliphatic carbocycles. The largest absolute Gasteiger partial charge is 0.493 e. The topological polar surface area (TPSA) is 48.0 Å².